The van der Waals surface area contributed by atoms with Crippen LogP contribution in [-0.4, -0.2) is 34.9 Å². The van der Waals surface area contributed by atoms with E-state index < -0.39 is 0 Å². The Bertz CT molecular complexity index is 1760. The Labute approximate surface area is 350 Å². The number of aromatic hydroxyl groups is 2. The van der Waals surface area contributed by atoms with Gasteiger partial charge in [0.15, 0.2) is 11.6 Å². The Hall–Kier alpha value is -4.58. The molecule has 0 radical (unpaired) electrons. The fourth-order valence-electron chi connectivity index (χ4n) is 7.83. The summed E-state index contributed by atoms with van der Waals surface area (Å²) in [5.74, 6) is 0.500. The van der Waals surface area contributed by atoms with Gasteiger partial charge in [0.2, 0.25) is 0 Å². The van der Waals surface area contributed by atoms with Gasteiger partial charge in [-0.2, -0.15) is 0 Å². The molecule has 4 aromatic carbocycles. The minimum absolute atomic E-state index is 0.147. The molecule has 6 heteroatoms. The SMILES string of the molecule is CC(C)(C)c1cc(NCC(=O)C(CCCCCCC(C(=O)CNc2cc(C(C)(C)C)c(O)c(C(C)(C)C)c2)c2ccccc2)c2ccccc2)cc(C(C)(C)C)c1O. The summed E-state index contributed by atoms with van der Waals surface area (Å²) in [4.78, 5) is 27.9. The Kier molecular flexibility index (Phi) is 15.1. The van der Waals surface area contributed by atoms with Crippen molar-refractivity contribution < 1.29 is 19.8 Å². The average Bonchev–Trinajstić information content (AvgIpc) is 3.13. The summed E-state index contributed by atoms with van der Waals surface area (Å²) in [6.07, 6.45) is 5.27. The molecule has 2 unspecified atom stereocenters. The Morgan fingerprint density at radius 3 is 1.00 bits per heavy atom. The lowest BCUT2D eigenvalue weighted by atomic mass is 9.79. The summed E-state index contributed by atoms with van der Waals surface area (Å²) in [6.45, 7) is 25.5. The lowest BCUT2D eigenvalue weighted by Crippen LogP contribution is -2.23. The number of anilines is 2. The van der Waals surface area contributed by atoms with Crippen molar-refractivity contribution in [1.29, 1.82) is 0 Å². The minimum Gasteiger partial charge on any atom is -0.507 e. The quantitative estimate of drug-likeness (QED) is 0.0628. The fraction of sp³-hybridized carbons (Fsp3) is 0.500. The first-order valence-electron chi connectivity index (χ1n) is 21.4. The predicted octanol–water partition coefficient (Wildman–Crippen LogP) is 12.9. The normalized spacial score (nSPS) is 13.5. The average molecular weight is 789 g/mol. The van der Waals surface area contributed by atoms with Crippen LogP contribution >= 0.6 is 0 Å². The molecule has 0 bridgehead atoms. The number of Topliss-reactive ketones (excluding diaryl/α,β-unsaturated/α-hetero) is 2. The topological polar surface area (TPSA) is 98.7 Å². The number of carbonyl (C=O) groups is 2. The molecule has 0 fully saturated rings. The van der Waals surface area contributed by atoms with Crippen LogP contribution in [0.25, 0.3) is 0 Å². The monoisotopic (exact) mass is 789 g/mol. The maximum atomic E-state index is 13.9. The molecule has 0 spiro atoms. The van der Waals surface area contributed by atoms with Crippen molar-refractivity contribution in [3.8, 4) is 11.5 Å². The largest absolute Gasteiger partial charge is 0.507 e. The molecule has 4 N–H and O–H groups in total. The van der Waals surface area contributed by atoms with E-state index in [0.29, 0.717) is 11.5 Å². The molecule has 2 atom stereocenters. The lowest BCUT2D eigenvalue weighted by molar-refractivity contribution is -0.119. The molecule has 0 saturated heterocycles. The second kappa shape index (κ2) is 19.0. The van der Waals surface area contributed by atoms with Gasteiger partial charge in [-0.1, -0.05) is 169 Å². The van der Waals surface area contributed by atoms with Crippen molar-refractivity contribution in [3.05, 3.63) is 118 Å². The van der Waals surface area contributed by atoms with Crippen LogP contribution < -0.4 is 10.6 Å². The second-order valence-electron chi connectivity index (χ2n) is 20.4. The van der Waals surface area contributed by atoms with Crippen LogP contribution in [-0.2, 0) is 31.2 Å². The van der Waals surface area contributed by atoms with E-state index in [1.165, 1.54) is 0 Å². The molecule has 4 rings (SSSR count). The number of hydrogen-bond acceptors (Lipinski definition) is 6. The number of benzene rings is 4. The molecule has 314 valence electrons. The third kappa shape index (κ3) is 12.5. The molecule has 0 heterocycles. The first kappa shape index (κ1) is 46.1. The number of carbonyl (C=O) groups excluding carboxylic acids is 2. The van der Waals surface area contributed by atoms with Crippen LogP contribution in [0.15, 0.2) is 84.9 Å². The predicted molar refractivity (Wildman–Crippen MR) is 244 cm³/mol. The van der Waals surface area contributed by atoms with Crippen molar-refractivity contribution in [1.82, 2.24) is 0 Å². The smallest absolute Gasteiger partial charge is 0.159 e. The van der Waals surface area contributed by atoms with Gasteiger partial charge in [0, 0.05) is 45.5 Å². The fourth-order valence-corrected chi connectivity index (χ4v) is 7.83. The zero-order valence-corrected chi connectivity index (χ0v) is 37.6. The molecule has 0 aliphatic carbocycles. The Morgan fingerprint density at radius 1 is 0.466 bits per heavy atom. The van der Waals surface area contributed by atoms with E-state index in [4.69, 9.17) is 0 Å². The number of phenolic OH excluding ortho intramolecular Hbond substituents is 2. The van der Waals surface area contributed by atoms with E-state index in [-0.39, 0.29) is 58.2 Å². The second-order valence-corrected chi connectivity index (χ2v) is 20.4. The summed E-state index contributed by atoms with van der Waals surface area (Å²) in [5.41, 5.74) is 6.18. The maximum Gasteiger partial charge on any atom is 0.159 e. The highest BCUT2D eigenvalue weighted by molar-refractivity contribution is 5.90. The summed E-state index contributed by atoms with van der Waals surface area (Å²) in [7, 11) is 0. The molecule has 0 aromatic heterocycles. The van der Waals surface area contributed by atoms with Gasteiger partial charge in [-0.05, 0) is 69.9 Å². The maximum absolute atomic E-state index is 13.9. The van der Waals surface area contributed by atoms with Gasteiger partial charge >= 0.3 is 0 Å². The molecular formula is C52H72N2O4. The van der Waals surface area contributed by atoms with Crippen molar-refractivity contribution in [2.75, 3.05) is 23.7 Å². The van der Waals surface area contributed by atoms with Crippen LogP contribution in [0.3, 0.4) is 0 Å². The molecule has 4 aromatic rings. The van der Waals surface area contributed by atoms with Crippen LogP contribution in [0.4, 0.5) is 11.4 Å². The first-order valence-corrected chi connectivity index (χ1v) is 21.4. The molecule has 0 amide bonds. The number of nitrogens with one attached hydrogen (secondary N) is 2. The summed E-state index contributed by atoms with van der Waals surface area (Å²) in [6, 6.07) is 28.1. The summed E-state index contributed by atoms with van der Waals surface area (Å²) >= 11 is 0. The molecule has 6 nitrogen and oxygen atoms in total. The van der Waals surface area contributed by atoms with Crippen molar-refractivity contribution in [2.45, 2.75) is 155 Å². The third-order valence-electron chi connectivity index (χ3n) is 11.3. The highest BCUT2D eigenvalue weighted by Crippen LogP contribution is 2.42. The van der Waals surface area contributed by atoms with Gasteiger partial charge in [0.1, 0.15) is 11.5 Å². The van der Waals surface area contributed by atoms with Gasteiger partial charge in [0.25, 0.3) is 0 Å². The van der Waals surface area contributed by atoms with Gasteiger partial charge in [-0.15, -0.1) is 0 Å². The van der Waals surface area contributed by atoms with Crippen molar-refractivity contribution in [3.63, 3.8) is 0 Å². The first-order chi connectivity index (χ1) is 27.0. The number of rotatable bonds is 17. The summed E-state index contributed by atoms with van der Waals surface area (Å²) < 4.78 is 0. The zero-order valence-electron chi connectivity index (χ0n) is 37.6. The van der Waals surface area contributed by atoms with E-state index in [1.807, 2.05) is 60.7 Å². The van der Waals surface area contributed by atoms with E-state index in [0.717, 1.165) is 83.3 Å². The van der Waals surface area contributed by atoms with Crippen molar-refractivity contribution >= 4 is 22.9 Å². The third-order valence-corrected chi connectivity index (χ3v) is 11.3. The van der Waals surface area contributed by atoms with E-state index in [1.54, 1.807) is 0 Å². The van der Waals surface area contributed by atoms with Gasteiger partial charge in [-0.25, -0.2) is 0 Å². The number of phenols is 2. The number of hydrogen-bond donors (Lipinski definition) is 4. The number of unbranched alkanes of at least 4 members (excludes halogenated alkanes) is 3. The molecule has 0 aliphatic rings. The molecular weight excluding hydrogens is 717 g/mol. The molecule has 0 aliphatic heterocycles. The van der Waals surface area contributed by atoms with E-state index >= 15 is 0 Å². The highest BCUT2D eigenvalue weighted by atomic mass is 16.3. The lowest BCUT2D eigenvalue weighted by Gasteiger charge is -2.28. The standard InChI is InChI=1S/C52H72N2O4/c1-49(2,3)41-29-37(30-42(47(41)57)50(4,5)6)53-33-45(55)39(35-23-17-15-18-24-35)27-21-13-14-22-28-40(36-25-19-16-20-26-36)46(56)34-54-38-31-43(51(7,8)9)48(58)44(32-38)52(10,11)12/h15-20,23-26,29-32,39-40,53-54,57-58H,13-14,21-22,27-28,33-34H2,1-12H3. The Balaban J connectivity index is 1.40. The number of ketones is 2. The minimum atomic E-state index is -0.260. The highest BCUT2D eigenvalue weighted by Gasteiger charge is 2.29. The zero-order chi connectivity index (χ0) is 43.1. The van der Waals surface area contributed by atoms with E-state index in [2.05, 4.69) is 118 Å². The molecule has 0 saturated carbocycles. The van der Waals surface area contributed by atoms with Crippen LogP contribution in [0.1, 0.15) is 167 Å². The van der Waals surface area contributed by atoms with Crippen LogP contribution in [0.2, 0.25) is 0 Å². The van der Waals surface area contributed by atoms with E-state index in [9.17, 15) is 19.8 Å². The molecule has 58 heavy (non-hydrogen) atoms. The van der Waals surface area contributed by atoms with Crippen LogP contribution in [0, 0.1) is 0 Å². The van der Waals surface area contributed by atoms with Crippen LogP contribution in [0.5, 0.6) is 11.5 Å². The van der Waals surface area contributed by atoms with Gasteiger partial charge < -0.3 is 20.8 Å². The van der Waals surface area contributed by atoms with Crippen molar-refractivity contribution in [2.24, 2.45) is 0 Å². The Morgan fingerprint density at radius 2 is 0.741 bits per heavy atom. The summed E-state index contributed by atoms with van der Waals surface area (Å²) in [5, 5.41) is 29.2. The van der Waals surface area contributed by atoms with Gasteiger partial charge in [0.05, 0.1) is 13.1 Å². The van der Waals surface area contributed by atoms with Gasteiger partial charge in [-0.3, -0.25) is 9.59 Å².